The number of hydrogen-bond donors (Lipinski definition) is 0. The summed E-state index contributed by atoms with van der Waals surface area (Å²) in [5.74, 6) is -0.442. The van der Waals surface area contributed by atoms with Crippen molar-refractivity contribution >= 4 is 5.97 Å². The molecular weight excluding hydrogens is 284 g/mol. The predicted molar refractivity (Wildman–Crippen MR) is 78.3 cm³/mol. The Morgan fingerprint density at radius 2 is 2.18 bits per heavy atom. The van der Waals surface area contributed by atoms with Gasteiger partial charge in [0.25, 0.3) is 0 Å². The lowest BCUT2D eigenvalue weighted by Gasteiger charge is -2.31. The molecule has 0 unspecified atom stereocenters. The predicted octanol–water partition coefficient (Wildman–Crippen LogP) is 0.598. The van der Waals surface area contributed by atoms with E-state index in [1.165, 1.54) is 7.11 Å². The Balaban J connectivity index is 1.49. The van der Waals surface area contributed by atoms with E-state index in [4.69, 9.17) is 0 Å². The van der Waals surface area contributed by atoms with Crippen LogP contribution < -0.4 is 0 Å². The first-order valence-corrected chi connectivity index (χ1v) is 7.46. The van der Waals surface area contributed by atoms with Crippen LogP contribution in [0.1, 0.15) is 29.4 Å². The van der Waals surface area contributed by atoms with Crippen LogP contribution in [0.25, 0.3) is 0 Å². The standard InChI is InChI=1S/C14H20N6O2/c1-22-14(21)13-11-20(17-16-13)12-3-7-18(8-4-12)9-10-19-6-2-5-15-19/h2,5-6,11-12H,3-4,7-10H2,1H3. The molecule has 2 aromatic heterocycles. The monoisotopic (exact) mass is 304 g/mol. The molecule has 2 aromatic rings. The summed E-state index contributed by atoms with van der Waals surface area (Å²) >= 11 is 0. The number of piperidine rings is 1. The third-order valence-corrected chi connectivity index (χ3v) is 4.04. The molecule has 8 heteroatoms. The number of esters is 1. The summed E-state index contributed by atoms with van der Waals surface area (Å²) < 4.78 is 8.39. The van der Waals surface area contributed by atoms with Crippen LogP contribution in [0, 0.1) is 0 Å². The summed E-state index contributed by atoms with van der Waals surface area (Å²) in [7, 11) is 1.35. The molecule has 0 radical (unpaired) electrons. The fourth-order valence-electron chi connectivity index (χ4n) is 2.74. The Bertz CT molecular complexity index is 601. The van der Waals surface area contributed by atoms with Gasteiger partial charge in [-0.25, -0.2) is 9.48 Å². The van der Waals surface area contributed by atoms with E-state index in [0.717, 1.165) is 39.0 Å². The van der Waals surface area contributed by atoms with Crippen LogP contribution in [0.4, 0.5) is 0 Å². The third kappa shape index (κ3) is 3.33. The number of likely N-dealkylation sites (tertiary alicyclic amines) is 1. The smallest absolute Gasteiger partial charge is 0.360 e. The lowest BCUT2D eigenvalue weighted by atomic mass is 10.1. The maximum Gasteiger partial charge on any atom is 0.360 e. The van der Waals surface area contributed by atoms with E-state index in [2.05, 4.69) is 25.0 Å². The SMILES string of the molecule is COC(=O)c1cn(C2CCN(CCn3cccn3)CC2)nn1. The van der Waals surface area contributed by atoms with Crippen LogP contribution in [0.3, 0.4) is 0 Å². The van der Waals surface area contributed by atoms with E-state index >= 15 is 0 Å². The average Bonchev–Trinajstić information content (AvgIpc) is 3.24. The van der Waals surface area contributed by atoms with Gasteiger partial charge in [0.2, 0.25) is 0 Å². The van der Waals surface area contributed by atoms with E-state index in [0.29, 0.717) is 6.04 Å². The molecule has 22 heavy (non-hydrogen) atoms. The molecule has 0 saturated carbocycles. The van der Waals surface area contributed by atoms with Crippen molar-refractivity contribution in [3.05, 3.63) is 30.4 Å². The van der Waals surface area contributed by atoms with Crippen LogP contribution in [-0.2, 0) is 11.3 Å². The molecule has 3 rings (SSSR count). The number of carbonyl (C=O) groups is 1. The molecule has 1 aliphatic rings. The summed E-state index contributed by atoms with van der Waals surface area (Å²) in [4.78, 5) is 13.8. The van der Waals surface area contributed by atoms with Crippen LogP contribution in [0.15, 0.2) is 24.7 Å². The van der Waals surface area contributed by atoms with E-state index in [1.807, 2.05) is 16.9 Å². The molecule has 0 atom stereocenters. The van der Waals surface area contributed by atoms with Gasteiger partial charge in [0.05, 0.1) is 25.9 Å². The van der Waals surface area contributed by atoms with Crippen molar-refractivity contribution in [3.8, 4) is 0 Å². The van der Waals surface area contributed by atoms with Crippen molar-refractivity contribution in [1.29, 1.82) is 0 Å². The van der Waals surface area contributed by atoms with Gasteiger partial charge in [-0.05, 0) is 18.9 Å². The molecule has 0 spiro atoms. The Hall–Kier alpha value is -2.22. The van der Waals surface area contributed by atoms with Crippen molar-refractivity contribution in [3.63, 3.8) is 0 Å². The van der Waals surface area contributed by atoms with Gasteiger partial charge in [-0.2, -0.15) is 5.10 Å². The Morgan fingerprint density at radius 3 is 2.86 bits per heavy atom. The number of methoxy groups -OCH3 is 1. The van der Waals surface area contributed by atoms with Gasteiger partial charge in [-0.15, -0.1) is 5.10 Å². The molecule has 1 fully saturated rings. The Kier molecular flexibility index (Phi) is 4.47. The minimum Gasteiger partial charge on any atom is -0.464 e. The largest absolute Gasteiger partial charge is 0.464 e. The molecule has 3 heterocycles. The average molecular weight is 304 g/mol. The first-order valence-electron chi connectivity index (χ1n) is 7.46. The fourth-order valence-corrected chi connectivity index (χ4v) is 2.74. The van der Waals surface area contributed by atoms with Crippen molar-refractivity contribution in [2.45, 2.75) is 25.4 Å². The third-order valence-electron chi connectivity index (χ3n) is 4.04. The Morgan fingerprint density at radius 1 is 1.36 bits per heavy atom. The normalized spacial score (nSPS) is 16.8. The zero-order chi connectivity index (χ0) is 15.4. The molecule has 1 aliphatic heterocycles. The number of ether oxygens (including phenoxy) is 1. The molecule has 0 bridgehead atoms. The minimum absolute atomic E-state index is 0.267. The van der Waals surface area contributed by atoms with Gasteiger partial charge in [0.1, 0.15) is 0 Å². The lowest BCUT2D eigenvalue weighted by Crippen LogP contribution is -2.36. The second-order valence-electron chi connectivity index (χ2n) is 5.42. The van der Waals surface area contributed by atoms with Crippen LogP contribution in [0.5, 0.6) is 0 Å². The molecule has 1 saturated heterocycles. The Labute approximate surface area is 128 Å². The van der Waals surface area contributed by atoms with Gasteiger partial charge in [-0.3, -0.25) is 4.68 Å². The molecular formula is C14H20N6O2. The summed E-state index contributed by atoms with van der Waals surface area (Å²) in [5.41, 5.74) is 0.267. The van der Waals surface area contributed by atoms with Crippen LogP contribution >= 0.6 is 0 Å². The minimum atomic E-state index is -0.442. The summed E-state index contributed by atoms with van der Waals surface area (Å²) in [5, 5.41) is 12.1. The maximum atomic E-state index is 11.4. The van der Waals surface area contributed by atoms with Gasteiger partial charge >= 0.3 is 5.97 Å². The number of hydrogen-bond acceptors (Lipinski definition) is 6. The first kappa shape index (κ1) is 14.7. The van der Waals surface area contributed by atoms with Crippen molar-refractivity contribution in [2.24, 2.45) is 0 Å². The second-order valence-corrected chi connectivity index (χ2v) is 5.42. The quantitative estimate of drug-likeness (QED) is 0.753. The highest BCUT2D eigenvalue weighted by atomic mass is 16.5. The number of carbonyl (C=O) groups excluding carboxylic acids is 1. The van der Waals surface area contributed by atoms with E-state index in [1.54, 1.807) is 17.1 Å². The summed E-state index contributed by atoms with van der Waals surface area (Å²) in [6, 6.07) is 2.24. The highest BCUT2D eigenvalue weighted by molar-refractivity contribution is 5.86. The molecule has 0 aromatic carbocycles. The number of rotatable bonds is 5. The number of nitrogens with zero attached hydrogens (tertiary/aromatic N) is 6. The maximum absolute atomic E-state index is 11.4. The van der Waals surface area contributed by atoms with E-state index < -0.39 is 5.97 Å². The highest BCUT2D eigenvalue weighted by Gasteiger charge is 2.22. The van der Waals surface area contributed by atoms with Crippen molar-refractivity contribution < 1.29 is 9.53 Å². The molecule has 0 N–H and O–H groups in total. The molecule has 0 aliphatic carbocycles. The fraction of sp³-hybridized carbons (Fsp3) is 0.571. The molecule has 118 valence electrons. The van der Waals surface area contributed by atoms with Gasteiger partial charge in [0, 0.05) is 32.0 Å². The summed E-state index contributed by atoms with van der Waals surface area (Å²) in [6.07, 6.45) is 7.47. The van der Waals surface area contributed by atoms with E-state index in [-0.39, 0.29) is 5.69 Å². The zero-order valence-corrected chi connectivity index (χ0v) is 12.6. The van der Waals surface area contributed by atoms with Crippen molar-refractivity contribution in [2.75, 3.05) is 26.7 Å². The van der Waals surface area contributed by atoms with Gasteiger partial charge in [0.15, 0.2) is 5.69 Å². The summed E-state index contributed by atoms with van der Waals surface area (Å²) in [6.45, 7) is 3.94. The van der Waals surface area contributed by atoms with Gasteiger partial charge in [-0.1, -0.05) is 5.21 Å². The van der Waals surface area contributed by atoms with Crippen molar-refractivity contribution in [1.82, 2.24) is 29.7 Å². The van der Waals surface area contributed by atoms with Crippen LogP contribution in [0.2, 0.25) is 0 Å². The van der Waals surface area contributed by atoms with Crippen LogP contribution in [-0.4, -0.2) is 62.4 Å². The van der Waals surface area contributed by atoms with Gasteiger partial charge < -0.3 is 9.64 Å². The highest BCUT2D eigenvalue weighted by Crippen LogP contribution is 2.21. The molecule has 0 amide bonds. The zero-order valence-electron chi connectivity index (χ0n) is 12.6. The topological polar surface area (TPSA) is 78.1 Å². The first-order chi connectivity index (χ1) is 10.8. The lowest BCUT2D eigenvalue weighted by molar-refractivity contribution is 0.0594. The second kappa shape index (κ2) is 6.69. The van der Waals surface area contributed by atoms with E-state index in [9.17, 15) is 4.79 Å². The number of aromatic nitrogens is 5. The molecule has 8 nitrogen and oxygen atoms in total.